The van der Waals surface area contributed by atoms with E-state index in [0.717, 1.165) is 46.0 Å². The summed E-state index contributed by atoms with van der Waals surface area (Å²) in [6.07, 6.45) is 6.83. The Morgan fingerprint density at radius 2 is 2.12 bits per heavy atom. The molecule has 0 amide bonds. The van der Waals surface area contributed by atoms with Gasteiger partial charge < -0.3 is 10.2 Å². The first-order valence-corrected chi connectivity index (χ1v) is 8.16. The molecule has 1 aromatic carbocycles. The van der Waals surface area contributed by atoms with Crippen LogP contribution in [0.3, 0.4) is 0 Å². The fourth-order valence-electron chi connectivity index (χ4n) is 2.83. The molecule has 2 aromatic heterocycles. The zero-order valence-electron chi connectivity index (χ0n) is 14.1. The molecule has 3 heterocycles. The molecule has 1 aliphatic rings. The number of hydrogen-bond donors (Lipinski definition) is 1. The predicted molar refractivity (Wildman–Crippen MR) is 94.3 cm³/mol. The number of aryl methyl sites for hydroxylation is 1. The summed E-state index contributed by atoms with van der Waals surface area (Å²) < 4.78 is 6.06. The Morgan fingerprint density at radius 3 is 2.88 bits per heavy atom. The third-order valence-corrected chi connectivity index (χ3v) is 4.13. The predicted octanol–water partition coefficient (Wildman–Crippen LogP) is 2.25. The Balaban J connectivity index is 1.76. The highest BCUT2D eigenvalue weighted by Gasteiger charge is 2.22. The molecule has 7 heteroatoms. The Kier molecular flexibility index (Phi) is 3.97. The first-order valence-electron chi connectivity index (χ1n) is 8.16. The summed E-state index contributed by atoms with van der Waals surface area (Å²) in [4.78, 5) is 17.1. The molecule has 7 nitrogen and oxygen atoms in total. The number of hydrazone groups is 1. The lowest BCUT2D eigenvalue weighted by molar-refractivity contribution is 0.300. The maximum atomic E-state index is 6.06. The first kappa shape index (κ1) is 15.4. The molecule has 0 saturated heterocycles. The molecule has 25 heavy (non-hydrogen) atoms. The SMILES string of the molecule is Cc1ncc2cc(C3=NNCC3C)c(OCc3cnccn3)cc2n1. The average molecular weight is 334 g/mol. The maximum Gasteiger partial charge on any atom is 0.132 e. The van der Waals surface area contributed by atoms with Gasteiger partial charge >= 0.3 is 0 Å². The fourth-order valence-corrected chi connectivity index (χ4v) is 2.83. The van der Waals surface area contributed by atoms with Gasteiger partial charge in [0.1, 0.15) is 18.2 Å². The van der Waals surface area contributed by atoms with E-state index in [1.165, 1.54) is 0 Å². The lowest BCUT2D eigenvalue weighted by Gasteiger charge is -2.14. The highest BCUT2D eigenvalue weighted by Crippen LogP contribution is 2.29. The van der Waals surface area contributed by atoms with E-state index in [4.69, 9.17) is 4.74 Å². The quantitative estimate of drug-likeness (QED) is 0.788. The molecule has 1 aliphatic heterocycles. The van der Waals surface area contributed by atoms with Crippen molar-refractivity contribution >= 4 is 16.6 Å². The van der Waals surface area contributed by atoms with Crippen molar-refractivity contribution in [1.82, 2.24) is 25.4 Å². The summed E-state index contributed by atoms with van der Waals surface area (Å²) in [5, 5.41) is 5.41. The second kappa shape index (κ2) is 6.43. The van der Waals surface area contributed by atoms with E-state index in [-0.39, 0.29) is 0 Å². The number of fused-ring (bicyclic) bond motifs is 1. The molecule has 0 bridgehead atoms. The van der Waals surface area contributed by atoms with Crippen LogP contribution in [0.5, 0.6) is 5.75 Å². The van der Waals surface area contributed by atoms with E-state index in [1.807, 2.05) is 25.3 Å². The zero-order chi connectivity index (χ0) is 17.2. The molecule has 3 aromatic rings. The smallest absolute Gasteiger partial charge is 0.132 e. The van der Waals surface area contributed by atoms with Gasteiger partial charge in [-0.25, -0.2) is 9.97 Å². The normalized spacial score (nSPS) is 16.6. The average Bonchev–Trinajstić information content (AvgIpc) is 3.06. The molecular formula is C18H18N6O. The van der Waals surface area contributed by atoms with Crippen LogP contribution in [0.2, 0.25) is 0 Å². The Morgan fingerprint density at radius 1 is 1.20 bits per heavy atom. The van der Waals surface area contributed by atoms with E-state index >= 15 is 0 Å². The number of ether oxygens (including phenoxy) is 1. The van der Waals surface area contributed by atoms with Gasteiger partial charge in [-0.3, -0.25) is 9.97 Å². The number of aromatic nitrogens is 4. The Bertz CT molecular complexity index is 941. The standard InChI is InChI=1S/C18H18N6O/c1-11-7-22-24-18(11)15-5-13-8-21-12(2)23-16(13)6-17(15)25-10-14-9-19-3-4-20-14/h3-6,8-9,11,22H,7,10H2,1-2H3. The molecule has 0 spiro atoms. The van der Waals surface area contributed by atoms with Gasteiger partial charge in [0.25, 0.3) is 0 Å². The van der Waals surface area contributed by atoms with E-state index in [9.17, 15) is 0 Å². The van der Waals surface area contributed by atoms with Gasteiger partial charge in [-0.05, 0) is 13.0 Å². The number of hydrogen-bond acceptors (Lipinski definition) is 7. The van der Waals surface area contributed by atoms with Gasteiger partial charge in [0.05, 0.1) is 23.1 Å². The Labute approximate surface area is 145 Å². The lowest BCUT2D eigenvalue weighted by Crippen LogP contribution is -2.14. The van der Waals surface area contributed by atoms with Gasteiger partial charge in [0.2, 0.25) is 0 Å². The Hall–Kier alpha value is -3.09. The number of rotatable bonds is 4. The molecule has 1 atom stereocenters. The van der Waals surface area contributed by atoms with Gasteiger partial charge in [-0.2, -0.15) is 5.10 Å². The zero-order valence-corrected chi connectivity index (χ0v) is 14.1. The minimum Gasteiger partial charge on any atom is -0.486 e. The van der Waals surface area contributed by atoms with Crippen molar-refractivity contribution in [3.63, 3.8) is 0 Å². The summed E-state index contributed by atoms with van der Waals surface area (Å²) in [6, 6.07) is 3.99. The van der Waals surface area contributed by atoms with E-state index in [0.29, 0.717) is 12.5 Å². The second-order valence-corrected chi connectivity index (χ2v) is 6.07. The van der Waals surface area contributed by atoms with Crippen LogP contribution < -0.4 is 10.2 Å². The first-order chi connectivity index (χ1) is 12.2. The van der Waals surface area contributed by atoms with Gasteiger partial charge in [-0.15, -0.1) is 0 Å². The molecule has 4 rings (SSSR count). The summed E-state index contributed by atoms with van der Waals surface area (Å²) in [7, 11) is 0. The van der Waals surface area contributed by atoms with Gasteiger partial charge in [0, 0.05) is 48.1 Å². The van der Waals surface area contributed by atoms with Crippen LogP contribution in [-0.2, 0) is 6.61 Å². The third-order valence-electron chi connectivity index (χ3n) is 4.13. The number of benzene rings is 1. The van der Waals surface area contributed by atoms with Crippen LogP contribution in [0.25, 0.3) is 10.9 Å². The van der Waals surface area contributed by atoms with Crippen molar-refractivity contribution in [2.45, 2.75) is 20.5 Å². The fraction of sp³-hybridized carbons (Fsp3) is 0.278. The van der Waals surface area contributed by atoms with E-state index < -0.39 is 0 Å². The van der Waals surface area contributed by atoms with E-state index in [2.05, 4.69) is 37.4 Å². The van der Waals surface area contributed by atoms with Gasteiger partial charge in [0.15, 0.2) is 0 Å². The van der Waals surface area contributed by atoms with Crippen molar-refractivity contribution in [3.05, 3.63) is 54.0 Å². The van der Waals surface area contributed by atoms with Crippen molar-refractivity contribution in [3.8, 4) is 5.75 Å². The van der Waals surface area contributed by atoms with Crippen LogP contribution >= 0.6 is 0 Å². The summed E-state index contributed by atoms with van der Waals surface area (Å²) in [5.41, 5.74) is 6.62. The molecule has 0 saturated carbocycles. The summed E-state index contributed by atoms with van der Waals surface area (Å²) in [6.45, 7) is 5.18. The molecule has 1 N–H and O–H groups in total. The topological polar surface area (TPSA) is 85.2 Å². The van der Waals surface area contributed by atoms with Crippen molar-refractivity contribution < 1.29 is 4.74 Å². The van der Waals surface area contributed by atoms with Crippen molar-refractivity contribution in [2.75, 3.05) is 6.54 Å². The van der Waals surface area contributed by atoms with Crippen LogP contribution in [0.4, 0.5) is 0 Å². The minimum absolute atomic E-state index is 0.308. The molecule has 0 fully saturated rings. The molecular weight excluding hydrogens is 316 g/mol. The molecule has 0 aliphatic carbocycles. The van der Waals surface area contributed by atoms with Crippen LogP contribution in [-0.4, -0.2) is 32.2 Å². The largest absolute Gasteiger partial charge is 0.486 e. The molecule has 1 unspecified atom stereocenters. The van der Waals surface area contributed by atoms with Crippen molar-refractivity contribution in [2.24, 2.45) is 11.0 Å². The monoisotopic (exact) mass is 334 g/mol. The second-order valence-electron chi connectivity index (χ2n) is 6.07. The summed E-state index contributed by atoms with van der Waals surface area (Å²) >= 11 is 0. The van der Waals surface area contributed by atoms with Crippen LogP contribution in [0.15, 0.2) is 42.0 Å². The van der Waals surface area contributed by atoms with Gasteiger partial charge in [-0.1, -0.05) is 6.92 Å². The minimum atomic E-state index is 0.308. The molecule has 0 radical (unpaired) electrons. The number of nitrogens with one attached hydrogen (secondary N) is 1. The van der Waals surface area contributed by atoms with Crippen LogP contribution in [0.1, 0.15) is 24.0 Å². The maximum absolute atomic E-state index is 6.06. The molecule has 126 valence electrons. The third kappa shape index (κ3) is 3.13. The summed E-state index contributed by atoms with van der Waals surface area (Å²) in [5.74, 6) is 1.78. The number of nitrogens with zero attached hydrogens (tertiary/aromatic N) is 5. The van der Waals surface area contributed by atoms with Crippen LogP contribution in [0, 0.1) is 12.8 Å². The highest BCUT2D eigenvalue weighted by molar-refractivity contribution is 6.07. The van der Waals surface area contributed by atoms with E-state index in [1.54, 1.807) is 18.6 Å². The highest BCUT2D eigenvalue weighted by atomic mass is 16.5. The van der Waals surface area contributed by atoms with Crippen molar-refractivity contribution in [1.29, 1.82) is 0 Å². The lowest BCUT2D eigenvalue weighted by atomic mass is 9.97.